The third-order valence-electron chi connectivity index (χ3n) is 2.97. The van der Waals surface area contributed by atoms with Gasteiger partial charge >= 0.3 is 0 Å². The maximum Gasteiger partial charge on any atom is 0.245 e. The quantitative estimate of drug-likeness (QED) is 0.831. The molecule has 1 saturated heterocycles. The van der Waals surface area contributed by atoms with Gasteiger partial charge in [-0.25, -0.2) is 4.98 Å². The summed E-state index contributed by atoms with van der Waals surface area (Å²) < 4.78 is 0. The molecule has 17 heavy (non-hydrogen) atoms. The minimum absolute atomic E-state index is 0.00561. The van der Waals surface area contributed by atoms with Crippen LogP contribution in [0.4, 0.5) is 5.13 Å². The van der Waals surface area contributed by atoms with Crippen LogP contribution in [0.15, 0.2) is 5.38 Å². The minimum Gasteiger partial charge on any atom is -0.320 e. The summed E-state index contributed by atoms with van der Waals surface area (Å²) in [4.78, 5) is 18.2. The van der Waals surface area contributed by atoms with Crippen molar-refractivity contribution < 1.29 is 4.79 Å². The molecule has 1 aromatic rings. The summed E-state index contributed by atoms with van der Waals surface area (Å²) in [5.74, 6) is 0.00561. The maximum atomic E-state index is 12.0. The molecule has 1 amide bonds. The van der Waals surface area contributed by atoms with Crippen LogP contribution in [0.3, 0.4) is 0 Å². The number of rotatable bonds is 1. The highest BCUT2D eigenvalue weighted by molar-refractivity contribution is 7.14. The van der Waals surface area contributed by atoms with Crippen LogP contribution < -0.4 is 10.6 Å². The molecule has 2 N–H and O–H groups in total. The first-order valence-electron chi connectivity index (χ1n) is 5.92. The molecule has 0 aliphatic carbocycles. The van der Waals surface area contributed by atoms with Crippen LogP contribution in [-0.2, 0) is 10.2 Å². The first-order chi connectivity index (χ1) is 7.89. The summed E-state index contributed by atoms with van der Waals surface area (Å²) in [7, 11) is 0. The number of carbonyl (C=O) groups excluding carboxylic acids is 1. The first-order valence-corrected chi connectivity index (χ1v) is 6.80. The smallest absolute Gasteiger partial charge is 0.245 e. The molecule has 0 saturated carbocycles. The minimum atomic E-state index is -0.356. The van der Waals surface area contributed by atoms with Gasteiger partial charge in [-0.1, -0.05) is 20.8 Å². The van der Waals surface area contributed by atoms with Crippen LogP contribution in [0.25, 0.3) is 0 Å². The average molecular weight is 253 g/mol. The second-order valence-electron chi connectivity index (χ2n) is 5.50. The SMILES string of the molecule is CC(C)(C)c1csc(N2CCCC(N)C2=O)n1. The van der Waals surface area contributed by atoms with E-state index in [0.717, 1.165) is 30.2 Å². The Morgan fingerprint density at radius 2 is 2.24 bits per heavy atom. The van der Waals surface area contributed by atoms with E-state index in [1.165, 1.54) is 11.3 Å². The molecule has 1 aromatic heterocycles. The van der Waals surface area contributed by atoms with E-state index >= 15 is 0 Å². The van der Waals surface area contributed by atoms with Crippen molar-refractivity contribution in [1.82, 2.24) is 4.98 Å². The number of thiazole rings is 1. The van der Waals surface area contributed by atoms with E-state index in [4.69, 9.17) is 5.73 Å². The molecule has 0 radical (unpaired) electrons. The zero-order chi connectivity index (χ0) is 12.6. The van der Waals surface area contributed by atoms with Gasteiger partial charge < -0.3 is 5.73 Å². The van der Waals surface area contributed by atoms with Crippen molar-refractivity contribution >= 4 is 22.4 Å². The van der Waals surface area contributed by atoms with Crippen molar-refractivity contribution in [1.29, 1.82) is 0 Å². The first kappa shape index (κ1) is 12.5. The fourth-order valence-electron chi connectivity index (χ4n) is 1.83. The number of anilines is 1. The number of nitrogens with zero attached hydrogens (tertiary/aromatic N) is 2. The number of carbonyl (C=O) groups is 1. The van der Waals surface area contributed by atoms with Gasteiger partial charge in [0, 0.05) is 17.3 Å². The van der Waals surface area contributed by atoms with E-state index in [-0.39, 0.29) is 17.4 Å². The normalized spacial score (nSPS) is 22.0. The molecule has 1 aliphatic heterocycles. The van der Waals surface area contributed by atoms with Gasteiger partial charge in [-0.05, 0) is 12.8 Å². The van der Waals surface area contributed by atoms with Crippen LogP contribution in [0, 0.1) is 0 Å². The van der Waals surface area contributed by atoms with Crippen LogP contribution in [0.1, 0.15) is 39.3 Å². The lowest BCUT2D eigenvalue weighted by Crippen LogP contribution is -2.48. The molecule has 1 aliphatic rings. The molecule has 0 spiro atoms. The second kappa shape index (κ2) is 4.38. The van der Waals surface area contributed by atoms with Gasteiger partial charge in [0.05, 0.1) is 11.7 Å². The Morgan fingerprint density at radius 3 is 2.82 bits per heavy atom. The molecule has 0 bridgehead atoms. The predicted molar refractivity (Wildman–Crippen MR) is 70.4 cm³/mol. The molecule has 1 fully saturated rings. The van der Waals surface area contributed by atoms with Crippen molar-refractivity contribution in [2.45, 2.75) is 45.1 Å². The number of aromatic nitrogens is 1. The van der Waals surface area contributed by atoms with Gasteiger partial charge in [0.25, 0.3) is 0 Å². The molecule has 1 atom stereocenters. The van der Waals surface area contributed by atoms with Gasteiger partial charge in [0.1, 0.15) is 0 Å². The number of piperidine rings is 1. The monoisotopic (exact) mass is 253 g/mol. The van der Waals surface area contributed by atoms with Gasteiger partial charge in [0.2, 0.25) is 5.91 Å². The number of nitrogens with two attached hydrogens (primary N) is 1. The third kappa shape index (κ3) is 2.50. The summed E-state index contributed by atoms with van der Waals surface area (Å²) in [5, 5.41) is 2.82. The molecule has 1 unspecified atom stereocenters. The zero-order valence-corrected chi connectivity index (χ0v) is 11.4. The highest BCUT2D eigenvalue weighted by atomic mass is 32.1. The van der Waals surface area contributed by atoms with E-state index in [0.29, 0.717) is 0 Å². The van der Waals surface area contributed by atoms with Gasteiger partial charge in [0.15, 0.2) is 5.13 Å². The van der Waals surface area contributed by atoms with Crippen molar-refractivity contribution in [3.8, 4) is 0 Å². The summed E-state index contributed by atoms with van der Waals surface area (Å²) in [5.41, 5.74) is 6.84. The highest BCUT2D eigenvalue weighted by Crippen LogP contribution is 2.30. The van der Waals surface area contributed by atoms with E-state index in [1.54, 1.807) is 4.90 Å². The fourth-order valence-corrected chi connectivity index (χ4v) is 2.91. The Hall–Kier alpha value is -0.940. The zero-order valence-electron chi connectivity index (χ0n) is 10.6. The topological polar surface area (TPSA) is 59.2 Å². The molecule has 4 nitrogen and oxygen atoms in total. The molecular formula is C12H19N3OS. The van der Waals surface area contributed by atoms with E-state index in [2.05, 4.69) is 25.8 Å². The molecular weight excluding hydrogens is 234 g/mol. The lowest BCUT2D eigenvalue weighted by Gasteiger charge is -2.28. The highest BCUT2D eigenvalue weighted by Gasteiger charge is 2.29. The van der Waals surface area contributed by atoms with Crippen LogP contribution in [0.5, 0.6) is 0 Å². The summed E-state index contributed by atoms with van der Waals surface area (Å²) in [6.45, 7) is 7.10. The fraction of sp³-hybridized carbons (Fsp3) is 0.667. The lowest BCUT2D eigenvalue weighted by molar-refractivity contribution is -0.120. The van der Waals surface area contributed by atoms with Crippen LogP contribution >= 0.6 is 11.3 Å². The molecule has 2 rings (SSSR count). The van der Waals surface area contributed by atoms with Gasteiger partial charge in [-0.15, -0.1) is 11.3 Å². The Morgan fingerprint density at radius 1 is 1.53 bits per heavy atom. The van der Waals surface area contributed by atoms with Crippen molar-refractivity contribution in [2.24, 2.45) is 5.73 Å². The number of amides is 1. The third-order valence-corrected chi connectivity index (χ3v) is 3.84. The van der Waals surface area contributed by atoms with Crippen LogP contribution in [0.2, 0.25) is 0 Å². The van der Waals surface area contributed by atoms with E-state index in [1.807, 2.05) is 5.38 Å². The Kier molecular flexibility index (Phi) is 3.23. The largest absolute Gasteiger partial charge is 0.320 e. The van der Waals surface area contributed by atoms with Crippen LogP contribution in [-0.4, -0.2) is 23.5 Å². The predicted octanol–water partition coefficient (Wildman–Crippen LogP) is 1.89. The number of hydrogen-bond donors (Lipinski definition) is 1. The summed E-state index contributed by atoms with van der Waals surface area (Å²) in [6, 6.07) is -0.356. The Labute approximate surface area is 106 Å². The molecule has 2 heterocycles. The number of hydrogen-bond acceptors (Lipinski definition) is 4. The van der Waals surface area contributed by atoms with Crippen molar-refractivity contribution in [3.63, 3.8) is 0 Å². The van der Waals surface area contributed by atoms with E-state index < -0.39 is 0 Å². The maximum absolute atomic E-state index is 12.0. The van der Waals surface area contributed by atoms with Crippen molar-refractivity contribution in [3.05, 3.63) is 11.1 Å². The summed E-state index contributed by atoms with van der Waals surface area (Å²) in [6.07, 6.45) is 1.74. The molecule has 5 heteroatoms. The van der Waals surface area contributed by atoms with E-state index in [9.17, 15) is 4.79 Å². The van der Waals surface area contributed by atoms with Gasteiger partial charge in [-0.3, -0.25) is 9.69 Å². The standard InChI is InChI=1S/C12H19N3OS/c1-12(2,3)9-7-17-11(14-9)15-6-4-5-8(13)10(15)16/h7-8H,4-6,13H2,1-3H3. The van der Waals surface area contributed by atoms with Gasteiger partial charge in [-0.2, -0.15) is 0 Å². The average Bonchev–Trinajstić information content (AvgIpc) is 2.70. The lowest BCUT2D eigenvalue weighted by atomic mass is 9.93. The molecule has 0 aromatic carbocycles. The Balaban J connectivity index is 2.23. The second-order valence-corrected chi connectivity index (χ2v) is 6.34. The Bertz CT molecular complexity index is 422. The molecule has 94 valence electrons. The van der Waals surface area contributed by atoms with Crippen molar-refractivity contribution in [2.75, 3.05) is 11.4 Å². The summed E-state index contributed by atoms with van der Waals surface area (Å²) >= 11 is 1.53.